The molecular formula is C14H21N3O4. The van der Waals surface area contributed by atoms with E-state index in [1.807, 2.05) is 0 Å². The van der Waals surface area contributed by atoms with Crippen molar-refractivity contribution in [3.63, 3.8) is 0 Å². The molecule has 21 heavy (non-hydrogen) atoms. The summed E-state index contributed by atoms with van der Waals surface area (Å²) in [6, 6.07) is -0.355. The van der Waals surface area contributed by atoms with Gasteiger partial charge in [-0.1, -0.05) is 0 Å². The summed E-state index contributed by atoms with van der Waals surface area (Å²) in [7, 11) is 0. The lowest BCUT2D eigenvalue weighted by molar-refractivity contribution is -0.148. The van der Waals surface area contributed by atoms with E-state index in [4.69, 9.17) is 4.74 Å². The number of hydrogen-bond acceptors (Lipinski definition) is 4. The van der Waals surface area contributed by atoms with Crippen molar-refractivity contribution in [1.29, 1.82) is 0 Å². The van der Waals surface area contributed by atoms with Gasteiger partial charge in [0.15, 0.2) is 0 Å². The molecule has 3 heterocycles. The molecule has 7 heteroatoms. The van der Waals surface area contributed by atoms with Crippen molar-refractivity contribution < 1.29 is 19.1 Å². The van der Waals surface area contributed by atoms with E-state index in [1.54, 1.807) is 9.80 Å². The fraction of sp³-hybridized carbons (Fsp3) is 0.786. The van der Waals surface area contributed by atoms with Crippen LogP contribution in [0.3, 0.4) is 0 Å². The Hall–Kier alpha value is -1.63. The average Bonchev–Trinajstić information content (AvgIpc) is 3.15. The van der Waals surface area contributed by atoms with Crippen LogP contribution in [0.15, 0.2) is 0 Å². The number of nitrogens with zero attached hydrogens (tertiary/aromatic N) is 2. The summed E-state index contributed by atoms with van der Waals surface area (Å²) in [6.07, 6.45) is 1.81. The molecule has 0 aromatic carbocycles. The molecular weight excluding hydrogens is 274 g/mol. The Labute approximate surface area is 123 Å². The summed E-state index contributed by atoms with van der Waals surface area (Å²) in [4.78, 5) is 39.9. The van der Waals surface area contributed by atoms with Gasteiger partial charge in [0.1, 0.15) is 6.04 Å². The molecule has 0 saturated carbocycles. The van der Waals surface area contributed by atoms with E-state index in [0.29, 0.717) is 39.4 Å². The van der Waals surface area contributed by atoms with Gasteiger partial charge >= 0.3 is 0 Å². The highest BCUT2D eigenvalue weighted by Crippen LogP contribution is 2.24. The van der Waals surface area contributed by atoms with Crippen molar-refractivity contribution in [1.82, 2.24) is 15.1 Å². The fourth-order valence-corrected chi connectivity index (χ4v) is 3.30. The first kappa shape index (κ1) is 14.3. The van der Waals surface area contributed by atoms with E-state index in [9.17, 15) is 14.4 Å². The summed E-state index contributed by atoms with van der Waals surface area (Å²) >= 11 is 0. The van der Waals surface area contributed by atoms with Crippen LogP contribution in [0, 0.1) is 5.92 Å². The monoisotopic (exact) mass is 295 g/mol. The summed E-state index contributed by atoms with van der Waals surface area (Å²) in [6.45, 7) is 3.33. The van der Waals surface area contributed by atoms with Crippen LogP contribution in [0.25, 0.3) is 0 Å². The number of nitrogens with one attached hydrogen (secondary N) is 1. The zero-order chi connectivity index (χ0) is 14.8. The summed E-state index contributed by atoms with van der Waals surface area (Å²) in [5.41, 5.74) is 0. The molecule has 0 bridgehead atoms. The first-order valence-corrected chi connectivity index (χ1v) is 7.60. The standard InChI is InChI=1S/C14H21N3O4/c18-12-8-10(9-15-12)13(19)17-3-1-2-11(17)14(20)16-4-6-21-7-5-16/h10-11H,1-9H2,(H,15,18). The molecule has 2 atom stereocenters. The molecule has 3 fully saturated rings. The summed E-state index contributed by atoms with van der Waals surface area (Å²) in [5.74, 6) is -0.418. The highest BCUT2D eigenvalue weighted by molar-refractivity contribution is 5.93. The second-order valence-corrected chi connectivity index (χ2v) is 5.83. The van der Waals surface area contributed by atoms with Crippen molar-refractivity contribution in [2.75, 3.05) is 39.4 Å². The van der Waals surface area contributed by atoms with Crippen LogP contribution in [0.2, 0.25) is 0 Å². The maximum absolute atomic E-state index is 12.6. The van der Waals surface area contributed by atoms with Gasteiger partial charge in [0, 0.05) is 32.6 Å². The van der Waals surface area contributed by atoms with Crippen LogP contribution < -0.4 is 5.32 Å². The van der Waals surface area contributed by atoms with E-state index >= 15 is 0 Å². The first-order chi connectivity index (χ1) is 10.2. The van der Waals surface area contributed by atoms with Gasteiger partial charge in [-0.25, -0.2) is 0 Å². The molecule has 3 amide bonds. The third kappa shape index (κ3) is 2.88. The van der Waals surface area contributed by atoms with Crippen LogP contribution in [-0.2, 0) is 19.1 Å². The molecule has 2 unspecified atom stereocenters. The molecule has 3 rings (SSSR count). The molecule has 7 nitrogen and oxygen atoms in total. The molecule has 116 valence electrons. The second-order valence-electron chi connectivity index (χ2n) is 5.83. The number of rotatable bonds is 2. The van der Waals surface area contributed by atoms with Crippen molar-refractivity contribution >= 4 is 17.7 Å². The Balaban J connectivity index is 1.65. The number of carbonyl (C=O) groups is 3. The van der Waals surface area contributed by atoms with Gasteiger partial charge in [0.05, 0.1) is 19.1 Å². The zero-order valence-corrected chi connectivity index (χ0v) is 12.0. The highest BCUT2D eigenvalue weighted by atomic mass is 16.5. The van der Waals surface area contributed by atoms with E-state index < -0.39 is 0 Å². The van der Waals surface area contributed by atoms with Crippen molar-refractivity contribution in [3.05, 3.63) is 0 Å². The van der Waals surface area contributed by atoms with Crippen molar-refractivity contribution in [3.8, 4) is 0 Å². The topological polar surface area (TPSA) is 79.0 Å². The number of likely N-dealkylation sites (tertiary alicyclic amines) is 1. The third-order valence-corrected chi connectivity index (χ3v) is 4.47. The Morgan fingerprint density at radius 2 is 1.90 bits per heavy atom. The van der Waals surface area contributed by atoms with Gasteiger partial charge in [0.25, 0.3) is 0 Å². The smallest absolute Gasteiger partial charge is 0.245 e. The van der Waals surface area contributed by atoms with Crippen LogP contribution in [0.5, 0.6) is 0 Å². The first-order valence-electron chi connectivity index (χ1n) is 7.60. The number of hydrogen-bond donors (Lipinski definition) is 1. The average molecular weight is 295 g/mol. The Morgan fingerprint density at radius 3 is 2.57 bits per heavy atom. The van der Waals surface area contributed by atoms with Gasteiger partial charge < -0.3 is 19.9 Å². The second kappa shape index (κ2) is 6.01. The predicted octanol–water partition coefficient (Wildman–Crippen LogP) is -1.03. The lowest BCUT2D eigenvalue weighted by Crippen LogP contribution is -2.52. The normalized spacial score (nSPS) is 29.6. The number of amides is 3. The highest BCUT2D eigenvalue weighted by Gasteiger charge is 2.40. The molecule has 3 saturated heterocycles. The van der Waals surface area contributed by atoms with E-state index in [0.717, 1.165) is 12.8 Å². The van der Waals surface area contributed by atoms with Gasteiger partial charge in [0.2, 0.25) is 17.7 Å². The Kier molecular flexibility index (Phi) is 4.10. The Morgan fingerprint density at radius 1 is 1.14 bits per heavy atom. The number of ether oxygens (including phenoxy) is 1. The predicted molar refractivity (Wildman–Crippen MR) is 73.3 cm³/mol. The molecule has 0 aromatic heterocycles. The van der Waals surface area contributed by atoms with Gasteiger partial charge in [-0.15, -0.1) is 0 Å². The van der Waals surface area contributed by atoms with Gasteiger partial charge in [-0.05, 0) is 12.8 Å². The molecule has 3 aliphatic rings. The fourth-order valence-electron chi connectivity index (χ4n) is 3.30. The van der Waals surface area contributed by atoms with Crippen LogP contribution >= 0.6 is 0 Å². The van der Waals surface area contributed by atoms with Crippen molar-refractivity contribution in [2.45, 2.75) is 25.3 Å². The molecule has 0 spiro atoms. The van der Waals surface area contributed by atoms with E-state index in [-0.39, 0.29) is 36.1 Å². The molecule has 3 aliphatic heterocycles. The van der Waals surface area contributed by atoms with Gasteiger partial charge in [-0.2, -0.15) is 0 Å². The lowest BCUT2D eigenvalue weighted by Gasteiger charge is -2.33. The Bertz CT molecular complexity index is 448. The molecule has 0 aromatic rings. The minimum atomic E-state index is -0.355. The number of morpholine rings is 1. The summed E-state index contributed by atoms with van der Waals surface area (Å²) < 4.78 is 5.26. The SMILES string of the molecule is O=C1CC(C(=O)N2CCCC2C(=O)N2CCOCC2)CN1. The minimum Gasteiger partial charge on any atom is -0.378 e. The maximum atomic E-state index is 12.6. The largest absolute Gasteiger partial charge is 0.378 e. The third-order valence-electron chi connectivity index (χ3n) is 4.47. The zero-order valence-electron chi connectivity index (χ0n) is 12.0. The van der Waals surface area contributed by atoms with Crippen LogP contribution in [0.1, 0.15) is 19.3 Å². The van der Waals surface area contributed by atoms with Crippen LogP contribution in [0.4, 0.5) is 0 Å². The summed E-state index contributed by atoms with van der Waals surface area (Å²) in [5, 5.41) is 2.68. The van der Waals surface area contributed by atoms with Gasteiger partial charge in [-0.3, -0.25) is 14.4 Å². The van der Waals surface area contributed by atoms with Crippen molar-refractivity contribution in [2.24, 2.45) is 5.92 Å². The maximum Gasteiger partial charge on any atom is 0.245 e. The quantitative estimate of drug-likeness (QED) is 0.707. The van der Waals surface area contributed by atoms with E-state index in [2.05, 4.69) is 5.32 Å². The molecule has 0 radical (unpaired) electrons. The number of carbonyl (C=O) groups excluding carboxylic acids is 3. The molecule has 0 aliphatic carbocycles. The minimum absolute atomic E-state index is 0.0291. The molecule has 1 N–H and O–H groups in total. The lowest BCUT2D eigenvalue weighted by atomic mass is 10.1. The van der Waals surface area contributed by atoms with E-state index in [1.165, 1.54) is 0 Å². The van der Waals surface area contributed by atoms with Crippen LogP contribution in [-0.4, -0.2) is 73.0 Å².